The van der Waals surface area contributed by atoms with Gasteiger partial charge in [-0.3, -0.25) is 0 Å². The molecule has 2 rings (SSSR count). The Hall–Kier alpha value is -1.13. The van der Waals surface area contributed by atoms with Crippen LogP contribution in [-0.2, 0) is 6.54 Å². The van der Waals surface area contributed by atoms with Crippen molar-refractivity contribution in [2.45, 2.75) is 26.3 Å². The monoisotopic (exact) mass is 280 g/mol. The molecule has 1 aromatic carbocycles. The second-order valence-corrected chi connectivity index (χ2v) is 6.19. The van der Waals surface area contributed by atoms with Crippen LogP contribution in [0.15, 0.2) is 18.2 Å². The van der Waals surface area contributed by atoms with Gasteiger partial charge in [-0.05, 0) is 56.1 Å². The fourth-order valence-electron chi connectivity index (χ4n) is 2.66. The van der Waals surface area contributed by atoms with Gasteiger partial charge in [0.2, 0.25) is 0 Å². The lowest BCUT2D eigenvalue weighted by Crippen LogP contribution is -2.41. The summed E-state index contributed by atoms with van der Waals surface area (Å²) in [5.41, 5.74) is 1.32. The summed E-state index contributed by atoms with van der Waals surface area (Å²) in [5, 5.41) is 3.47. The first kappa shape index (κ1) is 15.3. The van der Waals surface area contributed by atoms with E-state index >= 15 is 0 Å². The maximum atomic E-state index is 13.6. The summed E-state index contributed by atoms with van der Waals surface area (Å²) in [6, 6.07) is 5.14. The summed E-state index contributed by atoms with van der Waals surface area (Å²) in [5.74, 6) is 0.00772. The molecular weight excluding hydrogens is 255 g/mol. The van der Waals surface area contributed by atoms with Crippen molar-refractivity contribution >= 4 is 0 Å². The lowest BCUT2D eigenvalue weighted by molar-refractivity contribution is 0.137. The minimum absolute atomic E-state index is 0.294. The number of rotatable bonds is 5. The van der Waals surface area contributed by atoms with Crippen LogP contribution in [0.5, 0.6) is 5.75 Å². The molecule has 0 bridgehead atoms. The van der Waals surface area contributed by atoms with E-state index in [0.29, 0.717) is 17.7 Å². The summed E-state index contributed by atoms with van der Waals surface area (Å²) < 4.78 is 18.5. The molecule has 1 fully saturated rings. The molecule has 3 nitrogen and oxygen atoms in total. The molecule has 4 heteroatoms. The van der Waals surface area contributed by atoms with Gasteiger partial charge in [-0.1, -0.05) is 13.0 Å². The fraction of sp³-hybridized carbons (Fsp3) is 0.625. The van der Waals surface area contributed by atoms with Crippen LogP contribution in [0.3, 0.4) is 0 Å². The number of nitrogens with one attached hydrogen (secondary N) is 1. The Kier molecular flexibility index (Phi) is 5.00. The Bertz CT molecular complexity index is 442. The van der Waals surface area contributed by atoms with E-state index in [9.17, 15) is 4.39 Å². The maximum absolute atomic E-state index is 13.6. The molecule has 0 unspecified atom stereocenters. The van der Waals surface area contributed by atoms with Crippen molar-refractivity contribution in [1.29, 1.82) is 0 Å². The van der Waals surface area contributed by atoms with Gasteiger partial charge < -0.3 is 15.0 Å². The molecule has 0 radical (unpaired) electrons. The highest BCUT2D eigenvalue weighted by Gasteiger charge is 2.28. The number of hydrogen-bond donors (Lipinski definition) is 1. The minimum atomic E-state index is -0.294. The maximum Gasteiger partial charge on any atom is 0.165 e. The third kappa shape index (κ3) is 3.93. The van der Waals surface area contributed by atoms with Gasteiger partial charge in [0.05, 0.1) is 7.11 Å². The number of benzene rings is 1. The zero-order chi connectivity index (χ0) is 14.6. The zero-order valence-electron chi connectivity index (χ0n) is 12.7. The molecule has 0 saturated carbocycles. The summed E-state index contributed by atoms with van der Waals surface area (Å²) >= 11 is 0. The number of methoxy groups -OCH3 is 1. The van der Waals surface area contributed by atoms with Crippen LogP contribution in [0.4, 0.5) is 4.39 Å². The van der Waals surface area contributed by atoms with Crippen molar-refractivity contribution in [3.05, 3.63) is 29.6 Å². The van der Waals surface area contributed by atoms with Crippen molar-refractivity contribution < 1.29 is 9.13 Å². The van der Waals surface area contributed by atoms with E-state index in [1.54, 1.807) is 12.1 Å². The second-order valence-electron chi connectivity index (χ2n) is 6.19. The minimum Gasteiger partial charge on any atom is -0.494 e. The summed E-state index contributed by atoms with van der Waals surface area (Å²) in [7, 11) is 3.66. The van der Waals surface area contributed by atoms with Crippen LogP contribution in [-0.4, -0.2) is 38.7 Å². The van der Waals surface area contributed by atoms with Crippen molar-refractivity contribution in [2.75, 3.05) is 33.8 Å². The highest BCUT2D eigenvalue weighted by molar-refractivity contribution is 5.29. The molecule has 0 amide bonds. The second kappa shape index (κ2) is 6.55. The highest BCUT2D eigenvalue weighted by Crippen LogP contribution is 2.29. The van der Waals surface area contributed by atoms with Crippen LogP contribution < -0.4 is 10.1 Å². The number of halogens is 1. The van der Waals surface area contributed by atoms with Crippen molar-refractivity contribution in [2.24, 2.45) is 5.41 Å². The van der Waals surface area contributed by atoms with Crippen molar-refractivity contribution in [3.8, 4) is 5.75 Å². The topological polar surface area (TPSA) is 24.5 Å². The lowest BCUT2D eigenvalue weighted by Gasteiger charge is -2.38. The molecule has 112 valence electrons. The van der Waals surface area contributed by atoms with Gasteiger partial charge in [-0.15, -0.1) is 0 Å². The molecule has 1 N–H and O–H groups in total. The predicted molar refractivity (Wildman–Crippen MR) is 79.5 cm³/mol. The molecule has 1 aromatic rings. The first-order valence-electron chi connectivity index (χ1n) is 7.24. The Morgan fingerprint density at radius 2 is 2.05 bits per heavy atom. The van der Waals surface area contributed by atoms with Gasteiger partial charge in [-0.2, -0.15) is 0 Å². The fourth-order valence-corrected chi connectivity index (χ4v) is 2.66. The Morgan fingerprint density at radius 3 is 2.65 bits per heavy atom. The molecule has 0 aliphatic carbocycles. The van der Waals surface area contributed by atoms with Crippen molar-refractivity contribution in [1.82, 2.24) is 10.2 Å². The summed E-state index contributed by atoms with van der Waals surface area (Å²) in [4.78, 5) is 2.38. The van der Waals surface area contributed by atoms with Gasteiger partial charge >= 0.3 is 0 Å². The molecule has 1 heterocycles. The van der Waals surface area contributed by atoms with Gasteiger partial charge in [-0.25, -0.2) is 4.39 Å². The third-order valence-electron chi connectivity index (χ3n) is 4.29. The standard InChI is InChI=1S/C16H25FN2O/c1-16(6-8-19(2)9-7-16)12-18-11-13-4-5-15(20-3)14(17)10-13/h4-5,10,18H,6-9,11-12H2,1-3H3. The van der Waals surface area contributed by atoms with E-state index < -0.39 is 0 Å². The molecule has 20 heavy (non-hydrogen) atoms. The quantitative estimate of drug-likeness (QED) is 0.897. The van der Waals surface area contributed by atoms with Gasteiger partial charge in [0.15, 0.2) is 11.6 Å². The first-order chi connectivity index (χ1) is 9.52. The van der Waals surface area contributed by atoms with Crippen LogP contribution in [0.25, 0.3) is 0 Å². The molecule has 1 aliphatic heterocycles. The largest absolute Gasteiger partial charge is 0.494 e. The smallest absolute Gasteiger partial charge is 0.165 e. The van der Waals surface area contributed by atoms with E-state index in [1.165, 1.54) is 20.0 Å². The van der Waals surface area contributed by atoms with E-state index in [4.69, 9.17) is 4.74 Å². The van der Waals surface area contributed by atoms with Gasteiger partial charge in [0, 0.05) is 13.1 Å². The van der Waals surface area contributed by atoms with E-state index in [1.807, 2.05) is 6.07 Å². The molecule has 1 aliphatic rings. The van der Waals surface area contributed by atoms with Crippen LogP contribution in [0, 0.1) is 11.2 Å². The third-order valence-corrected chi connectivity index (χ3v) is 4.29. The average Bonchev–Trinajstić information content (AvgIpc) is 2.43. The predicted octanol–water partition coefficient (Wildman–Crippen LogP) is 2.66. The Morgan fingerprint density at radius 1 is 1.35 bits per heavy atom. The average molecular weight is 280 g/mol. The number of hydrogen-bond acceptors (Lipinski definition) is 3. The normalized spacial score (nSPS) is 19.0. The number of ether oxygens (including phenoxy) is 1. The van der Waals surface area contributed by atoms with E-state index in [0.717, 1.165) is 25.2 Å². The van der Waals surface area contributed by atoms with Gasteiger partial charge in [0.1, 0.15) is 0 Å². The number of piperidine rings is 1. The molecule has 0 atom stereocenters. The molecule has 0 spiro atoms. The van der Waals surface area contributed by atoms with E-state index in [-0.39, 0.29) is 5.82 Å². The number of likely N-dealkylation sites (tertiary alicyclic amines) is 1. The highest BCUT2D eigenvalue weighted by atomic mass is 19.1. The Balaban J connectivity index is 1.82. The molecule has 0 aromatic heterocycles. The van der Waals surface area contributed by atoms with Crippen LogP contribution in [0.1, 0.15) is 25.3 Å². The van der Waals surface area contributed by atoms with Crippen molar-refractivity contribution in [3.63, 3.8) is 0 Å². The molecule has 1 saturated heterocycles. The Labute approximate surface area is 121 Å². The van der Waals surface area contributed by atoms with E-state index in [2.05, 4.69) is 24.2 Å². The zero-order valence-corrected chi connectivity index (χ0v) is 12.7. The lowest BCUT2D eigenvalue weighted by atomic mass is 9.80. The van der Waals surface area contributed by atoms with Gasteiger partial charge in [0.25, 0.3) is 0 Å². The first-order valence-corrected chi connectivity index (χ1v) is 7.24. The van der Waals surface area contributed by atoms with Crippen LogP contribution in [0.2, 0.25) is 0 Å². The SMILES string of the molecule is COc1ccc(CNCC2(C)CCN(C)CC2)cc1F. The van der Waals surface area contributed by atoms with Crippen LogP contribution >= 0.6 is 0 Å². The summed E-state index contributed by atoms with van der Waals surface area (Å²) in [6.45, 7) is 6.34. The molecular formula is C16H25FN2O. The number of nitrogens with zero attached hydrogens (tertiary/aromatic N) is 1. The summed E-state index contributed by atoms with van der Waals surface area (Å²) in [6.07, 6.45) is 2.43.